The summed E-state index contributed by atoms with van der Waals surface area (Å²) in [6, 6.07) is 12.9. The van der Waals surface area contributed by atoms with Crippen LogP contribution in [0.25, 0.3) is 11.4 Å². The standard InChI is InChI=1S/C26H28N6O7S2/c1-5-40(33,34)29-16-19-14-18(12-13-27-19)24-30-25(32-41(35,36)22-11-10-17(2)15-28-22)23(26(31-24)38-4)39-21-9-7-6-8-20(21)37-3/h6-15,29H,5,16H2,1-4H3,(H,30,31,32). The second-order valence-electron chi connectivity index (χ2n) is 8.53. The normalized spacial score (nSPS) is 11.6. The van der Waals surface area contributed by atoms with Gasteiger partial charge in [-0.3, -0.25) is 9.71 Å². The quantitative estimate of drug-likeness (QED) is 0.244. The third-order valence-corrected chi connectivity index (χ3v) is 8.23. The van der Waals surface area contributed by atoms with Gasteiger partial charge in [0.15, 0.2) is 28.2 Å². The Balaban J connectivity index is 1.82. The van der Waals surface area contributed by atoms with E-state index in [4.69, 9.17) is 14.2 Å². The number of nitrogens with one attached hydrogen (secondary N) is 2. The van der Waals surface area contributed by atoms with Gasteiger partial charge in [0, 0.05) is 18.0 Å². The summed E-state index contributed by atoms with van der Waals surface area (Å²) in [6.07, 6.45) is 2.89. The molecule has 0 aliphatic carbocycles. The van der Waals surface area contributed by atoms with Gasteiger partial charge in [-0.1, -0.05) is 18.2 Å². The number of ether oxygens (including phenoxy) is 3. The Labute approximate surface area is 238 Å². The van der Waals surface area contributed by atoms with Gasteiger partial charge in [0.2, 0.25) is 15.8 Å². The first-order valence-corrected chi connectivity index (χ1v) is 15.3. The number of pyridine rings is 2. The summed E-state index contributed by atoms with van der Waals surface area (Å²) in [5.74, 6) is 0.173. The van der Waals surface area contributed by atoms with Gasteiger partial charge in [0.05, 0.1) is 32.2 Å². The lowest BCUT2D eigenvalue weighted by Crippen LogP contribution is -2.25. The molecule has 0 aliphatic heterocycles. The zero-order chi connectivity index (χ0) is 29.6. The monoisotopic (exact) mass is 600 g/mol. The van der Waals surface area contributed by atoms with Crippen LogP contribution in [0.3, 0.4) is 0 Å². The van der Waals surface area contributed by atoms with Crippen molar-refractivity contribution in [3.63, 3.8) is 0 Å². The molecule has 13 nitrogen and oxygen atoms in total. The number of nitrogens with zero attached hydrogens (tertiary/aromatic N) is 4. The number of aryl methyl sites for hydroxylation is 1. The molecule has 0 unspecified atom stereocenters. The molecule has 0 bridgehead atoms. The smallest absolute Gasteiger partial charge is 0.280 e. The van der Waals surface area contributed by atoms with Crippen LogP contribution < -0.4 is 23.7 Å². The number of hydrogen-bond donors (Lipinski definition) is 2. The first-order valence-electron chi connectivity index (χ1n) is 12.2. The van der Waals surface area contributed by atoms with E-state index in [0.717, 1.165) is 5.56 Å². The average Bonchev–Trinajstić information content (AvgIpc) is 2.97. The van der Waals surface area contributed by atoms with Crippen molar-refractivity contribution in [3.8, 4) is 34.5 Å². The van der Waals surface area contributed by atoms with Crippen LogP contribution in [0.4, 0.5) is 5.82 Å². The highest BCUT2D eigenvalue weighted by Gasteiger charge is 2.25. The fourth-order valence-corrected chi connectivity index (χ4v) is 4.97. The van der Waals surface area contributed by atoms with E-state index in [9.17, 15) is 16.8 Å². The first-order chi connectivity index (χ1) is 19.5. The highest BCUT2D eigenvalue weighted by Crippen LogP contribution is 2.41. The maximum Gasteiger partial charge on any atom is 0.280 e. The van der Waals surface area contributed by atoms with Crippen molar-refractivity contribution in [1.29, 1.82) is 0 Å². The van der Waals surface area contributed by atoms with Crippen LogP contribution in [0.5, 0.6) is 23.1 Å². The number of hydrogen-bond acceptors (Lipinski definition) is 11. The molecule has 0 amide bonds. The molecule has 0 saturated carbocycles. The molecule has 0 spiro atoms. The van der Waals surface area contributed by atoms with Crippen molar-refractivity contribution in [2.24, 2.45) is 0 Å². The number of aromatic nitrogens is 4. The number of para-hydroxylation sites is 2. The lowest BCUT2D eigenvalue weighted by molar-refractivity contribution is 0.348. The Morgan fingerprint density at radius 1 is 0.902 bits per heavy atom. The maximum atomic E-state index is 13.3. The second kappa shape index (κ2) is 12.4. The SMILES string of the molecule is CCS(=O)(=O)NCc1cc(-c2nc(NS(=O)(=O)c3ccc(C)cn3)c(Oc3ccccc3OC)c(OC)n2)ccn1. The van der Waals surface area contributed by atoms with Crippen molar-refractivity contribution in [2.75, 3.05) is 24.7 Å². The summed E-state index contributed by atoms with van der Waals surface area (Å²) in [4.78, 5) is 17.1. The van der Waals surface area contributed by atoms with Crippen LogP contribution in [-0.4, -0.2) is 56.7 Å². The van der Waals surface area contributed by atoms with E-state index in [1.54, 1.807) is 49.4 Å². The lowest BCUT2D eigenvalue weighted by atomic mass is 10.2. The van der Waals surface area contributed by atoms with Crippen molar-refractivity contribution in [1.82, 2.24) is 24.7 Å². The molecule has 0 fully saturated rings. The highest BCUT2D eigenvalue weighted by atomic mass is 32.2. The zero-order valence-corrected chi connectivity index (χ0v) is 24.3. The summed E-state index contributed by atoms with van der Waals surface area (Å²) < 4.78 is 72.2. The average molecular weight is 601 g/mol. The lowest BCUT2D eigenvalue weighted by Gasteiger charge is -2.17. The van der Waals surface area contributed by atoms with Crippen LogP contribution in [0.15, 0.2) is 66.0 Å². The topological polar surface area (TPSA) is 172 Å². The van der Waals surface area contributed by atoms with Gasteiger partial charge < -0.3 is 14.2 Å². The highest BCUT2D eigenvalue weighted by molar-refractivity contribution is 7.92. The van der Waals surface area contributed by atoms with Crippen LogP contribution in [0.1, 0.15) is 18.2 Å². The summed E-state index contributed by atoms with van der Waals surface area (Å²) >= 11 is 0. The van der Waals surface area contributed by atoms with Crippen molar-refractivity contribution < 1.29 is 31.0 Å². The molecule has 2 N–H and O–H groups in total. The predicted molar refractivity (Wildman–Crippen MR) is 151 cm³/mol. The minimum atomic E-state index is -4.23. The van der Waals surface area contributed by atoms with Crippen molar-refractivity contribution >= 4 is 25.9 Å². The van der Waals surface area contributed by atoms with E-state index in [0.29, 0.717) is 17.0 Å². The minimum absolute atomic E-state index is 0.0608. The number of anilines is 1. The van der Waals surface area contributed by atoms with E-state index in [2.05, 4.69) is 29.4 Å². The van der Waals surface area contributed by atoms with E-state index in [-0.39, 0.29) is 46.3 Å². The Bertz CT molecular complexity index is 1750. The van der Waals surface area contributed by atoms with Gasteiger partial charge in [-0.15, -0.1) is 0 Å². The fraction of sp³-hybridized carbons (Fsp3) is 0.231. The van der Waals surface area contributed by atoms with Gasteiger partial charge in [-0.05, 0) is 49.7 Å². The molecule has 4 rings (SSSR count). The third kappa shape index (κ3) is 7.25. The molecule has 3 aromatic heterocycles. The fourth-order valence-electron chi connectivity index (χ4n) is 3.46. The molecular weight excluding hydrogens is 572 g/mol. The van der Waals surface area contributed by atoms with Crippen LogP contribution in [0, 0.1) is 6.92 Å². The summed E-state index contributed by atoms with van der Waals surface area (Å²) in [5.41, 5.74) is 1.59. The van der Waals surface area contributed by atoms with Gasteiger partial charge >= 0.3 is 0 Å². The third-order valence-electron chi connectivity index (χ3n) is 5.63. The molecule has 0 radical (unpaired) electrons. The van der Waals surface area contributed by atoms with Crippen molar-refractivity contribution in [2.45, 2.75) is 25.4 Å². The molecule has 3 heterocycles. The van der Waals surface area contributed by atoms with E-state index >= 15 is 0 Å². The summed E-state index contributed by atoms with van der Waals surface area (Å²) in [7, 11) is -4.87. The second-order valence-corrected chi connectivity index (χ2v) is 12.3. The maximum absolute atomic E-state index is 13.3. The molecule has 41 heavy (non-hydrogen) atoms. The van der Waals surface area contributed by atoms with Gasteiger partial charge in [-0.25, -0.2) is 23.1 Å². The zero-order valence-electron chi connectivity index (χ0n) is 22.7. The van der Waals surface area contributed by atoms with Gasteiger partial charge in [-0.2, -0.15) is 13.4 Å². The molecule has 15 heteroatoms. The van der Waals surface area contributed by atoms with E-state index in [1.165, 1.54) is 39.6 Å². The number of rotatable bonds is 12. The Morgan fingerprint density at radius 3 is 2.32 bits per heavy atom. The summed E-state index contributed by atoms with van der Waals surface area (Å²) in [5, 5.41) is -0.236. The molecule has 4 aromatic rings. The molecule has 0 saturated heterocycles. The molecule has 0 aliphatic rings. The van der Waals surface area contributed by atoms with Gasteiger partial charge in [0.1, 0.15) is 0 Å². The van der Waals surface area contributed by atoms with E-state index in [1.807, 2.05) is 0 Å². The van der Waals surface area contributed by atoms with Crippen LogP contribution >= 0.6 is 0 Å². The number of benzene rings is 1. The number of sulfonamides is 2. The predicted octanol–water partition coefficient (Wildman–Crippen LogP) is 3.29. The molecular formula is C26H28N6O7S2. The molecule has 216 valence electrons. The first kappa shape index (κ1) is 29.6. The summed E-state index contributed by atoms with van der Waals surface area (Å²) in [6.45, 7) is 3.25. The van der Waals surface area contributed by atoms with Gasteiger partial charge in [0.25, 0.3) is 15.9 Å². The Morgan fingerprint density at radius 2 is 1.66 bits per heavy atom. The van der Waals surface area contributed by atoms with Crippen LogP contribution in [-0.2, 0) is 26.6 Å². The largest absolute Gasteiger partial charge is 0.493 e. The molecule has 1 aromatic carbocycles. The Kier molecular flexibility index (Phi) is 9.00. The molecule has 0 atom stereocenters. The van der Waals surface area contributed by atoms with E-state index < -0.39 is 20.0 Å². The van der Waals surface area contributed by atoms with Crippen molar-refractivity contribution in [3.05, 3.63) is 72.2 Å². The van der Waals surface area contributed by atoms with Crippen LogP contribution in [0.2, 0.25) is 0 Å². The Hall–Kier alpha value is -4.34. The number of methoxy groups -OCH3 is 2. The minimum Gasteiger partial charge on any atom is -0.493 e.